The van der Waals surface area contributed by atoms with Gasteiger partial charge in [0.05, 0.1) is 0 Å². The molecule has 13 heavy (non-hydrogen) atoms. The van der Waals surface area contributed by atoms with Crippen molar-refractivity contribution >= 4 is 12.3 Å². The van der Waals surface area contributed by atoms with Gasteiger partial charge in [0.15, 0.2) is 5.96 Å². The molecule has 5 heteroatoms. The standard InChI is InChI=1S/C8H17N5/c1-12(2)11-7-10-8(9)13-5-3-4-6-13/h7H,3-6H2,1-2H3,(H2,9,10,11). The molecule has 1 aliphatic rings. The van der Waals surface area contributed by atoms with Gasteiger partial charge in [0.25, 0.3) is 0 Å². The monoisotopic (exact) mass is 183 g/mol. The molecule has 0 unspecified atom stereocenters. The first-order valence-corrected chi connectivity index (χ1v) is 4.48. The minimum atomic E-state index is 0.572. The summed E-state index contributed by atoms with van der Waals surface area (Å²) in [5, 5.41) is 5.63. The number of guanidine groups is 1. The smallest absolute Gasteiger partial charge is 0.197 e. The largest absolute Gasteiger partial charge is 0.369 e. The number of nitrogens with two attached hydrogens (primary N) is 1. The van der Waals surface area contributed by atoms with Crippen molar-refractivity contribution in [3.8, 4) is 0 Å². The third-order valence-corrected chi connectivity index (χ3v) is 1.90. The average molecular weight is 183 g/mol. The number of hydrogen-bond acceptors (Lipinski definition) is 2. The molecule has 0 aliphatic carbocycles. The Balaban J connectivity index is 2.40. The topological polar surface area (TPSA) is 57.2 Å². The van der Waals surface area contributed by atoms with Crippen molar-refractivity contribution in [1.82, 2.24) is 9.91 Å². The first kappa shape index (κ1) is 9.83. The maximum absolute atomic E-state index is 5.73. The summed E-state index contributed by atoms with van der Waals surface area (Å²) in [5.41, 5.74) is 5.73. The van der Waals surface area contributed by atoms with Crippen LogP contribution < -0.4 is 5.73 Å². The van der Waals surface area contributed by atoms with Gasteiger partial charge in [0, 0.05) is 27.2 Å². The van der Waals surface area contributed by atoms with Crippen LogP contribution in [0.2, 0.25) is 0 Å². The van der Waals surface area contributed by atoms with Gasteiger partial charge in [0.1, 0.15) is 6.34 Å². The molecular weight excluding hydrogens is 166 g/mol. The van der Waals surface area contributed by atoms with E-state index in [-0.39, 0.29) is 0 Å². The number of rotatable bonds is 2. The van der Waals surface area contributed by atoms with Crippen LogP contribution in [0.25, 0.3) is 0 Å². The van der Waals surface area contributed by atoms with Crippen LogP contribution in [-0.2, 0) is 0 Å². The fraction of sp³-hybridized carbons (Fsp3) is 0.750. The van der Waals surface area contributed by atoms with E-state index in [9.17, 15) is 0 Å². The van der Waals surface area contributed by atoms with Crippen molar-refractivity contribution in [2.24, 2.45) is 15.8 Å². The normalized spacial score (nSPS) is 18.6. The number of aliphatic imine (C=N–C) groups is 1. The van der Waals surface area contributed by atoms with Crippen LogP contribution in [-0.4, -0.2) is 49.4 Å². The predicted molar refractivity (Wildman–Crippen MR) is 54.6 cm³/mol. The van der Waals surface area contributed by atoms with Gasteiger partial charge in [-0.2, -0.15) is 5.10 Å². The van der Waals surface area contributed by atoms with Crippen LogP contribution in [0, 0.1) is 0 Å². The van der Waals surface area contributed by atoms with Gasteiger partial charge in [-0.25, -0.2) is 4.99 Å². The summed E-state index contributed by atoms with van der Waals surface area (Å²) >= 11 is 0. The summed E-state index contributed by atoms with van der Waals surface area (Å²) in [7, 11) is 3.69. The maximum Gasteiger partial charge on any atom is 0.197 e. The van der Waals surface area contributed by atoms with Gasteiger partial charge in [-0.1, -0.05) is 0 Å². The Labute approximate surface area is 78.9 Å². The SMILES string of the molecule is CN(C)N=CN=C(N)N1CCCC1. The van der Waals surface area contributed by atoms with E-state index < -0.39 is 0 Å². The maximum atomic E-state index is 5.73. The minimum absolute atomic E-state index is 0.572. The Morgan fingerprint density at radius 1 is 1.38 bits per heavy atom. The van der Waals surface area contributed by atoms with Gasteiger partial charge in [-0.05, 0) is 12.8 Å². The van der Waals surface area contributed by atoms with Crippen molar-refractivity contribution in [3.05, 3.63) is 0 Å². The van der Waals surface area contributed by atoms with E-state index in [0.717, 1.165) is 13.1 Å². The molecule has 0 bridgehead atoms. The number of hydrogen-bond donors (Lipinski definition) is 1. The Hall–Kier alpha value is -1.26. The molecule has 1 aliphatic heterocycles. The Morgan fingerprint density at radius 3 is 2.54 bits per heavy atom. The second-order valence-corrected chi connectivity index (χ2v) is 3.26. The summed E-state index contributed by atoms with van der Waals surface area (Å²) in [6.45, 7) is 2.04. The van der Waals surface area contributed by atoms with Crippen molar-refractivity contribution in [2.45, 2.75) is 12.8 Å². The summed E-state index contributed by atoms with van der Waals surface area (Å²) in [4.78, 5) is 6.10. The zero-order chi connectivity index (χ0) is 9.68. The van der Waals surface area contributed by atoms with Gasteiger partial charge < -0.3 is 15.6 Å². The van der Waals surface area contributed by atoms with E-state index in [1.165, 1.54) is 19.2 Å². The zero-order valence-corrected chi connectivity index (χ0v) is 8.27. The van der Waals surface area contributed by atoms with E-state index in [1.54, 1.807) is 5.01 Å². The quantitative estimate of drug-likeness (QED) is 0.369. The molecule has 0 aromatic heterocycles. The van der Waals surface area contributed by atoms with Crippen LogP contribution in [0.1, 0.15) is 12.8 Å². The van der Waals surface area contributed by atoms with E-state index in [1.807, 2.05) is 14.1 Å². The lowest BCUT2D eigenvalue weighted by molar-refractivity contribution is 0.439. The van der Waals surface area contributed by atoms with Crippen molar-refractivity contribution in [2.75, 3.05) is 27.2 Å². The highest BCUT2D eigenvalue weighted by atomic mass is 15.4. The molecule has 0 atom stereocenters. The molecule has 1 saturated heterocycles. The molecule has 0 amide bonds. The molecule has 2 N–H and O–H groups in total. The number of likely N-dealkylation sites (tertiary alicyclic amines) is 1. The first-order chi connectivity index (χ1) is 6.20. The molecule has 0 spiro atoms. The van der Waals surface area contributed by atoms with E-state index in [0.29, 0.717) is 5.96 Å². The lowest BCUT2D eigenvalue weighted by atomic mass is 10.4. The second-order valence-electron chi connectivity index (χ2n) is 3.26. The van der Waals surface area contributed by atoms with Crippen molar-refractivity contribution in [1.29, 1.82) is 0 Å². The molecule has 5 nitrogen and oxygen atoms in total. The molecule has 0 aromatic carbocycles. The van der Waals surface area contributed by atoms with Crippen molar-refractivity contribution < 1.29 is 0 Å². The summed E-state index contributed by atoms with van der Waals surface area (Å²) < 4.78 is 0. The van der Waals surface area contributed by atoms with E-state index in [4.69, 9.17) is 5.73 Å². The van der Waals surface area contributed by atoms with Crippen LogP contribution in [0.4, 0.5) is 0 Å². The zero-order valence-electron chi connectivity index (χ0n) is 8.27. The Morgan fingerprint density at radius 2 is 2.00 bits per heavy atom. The van der Waals surface area contributed by atoms with E-state index >= 15 is 0 Å². The fourth-order valence-electron chi connectivity index (χ4n) is 1.22. The fourth-order valence-corrected chi connectivity index (χ4v) is 1.22. The summed E-state index contributed by atoms with van der Waals surface area (Å²) in [5.74, 6) is 0.572. The highest BCUT2D eigenvalue weighted by Gasteiger charge is 2.12. The highest BCUT2D eigenvalue weighted by Crippen LogP contribution is 2.05. The third-order valence-electron chi connectivity index (χ3n) is 1.90. The van der Waals surface area contributed by atoms with Crippen LogP contribution in [0.3, 0.4) is 0 Å². The highest BCUT2D eigenvalue weighted by molar-refractivity contribution is 5.85. The molecule has 1 rings (SSSR count). The van der Waals surface area contributed by atoms with Gasteiger partial charge in [0.2, 0.25) is 0 Å². The molecule has 1 heterocycles. The van der Waals surface area contributed by atoms with Crippen LogP contribution in [0.5, 0.6) is 0 Å². The Bertz CT molecular complexity index is 203. The predicted octanol–water partition coefficient (Wildman–Crippen LogP) is -0.0982. The number of hydrazone groups is 1. The molecule has 1 fully saturated rings. The second kappa shape index (κ2) is 4.69. The van der Waals surface area contributed by atoms with Gasteiger partial charge >= 0.3 is 0 Å². The summed E-state index contributed by atoms with van der Waals surface area (Å²) in [6.07, 6.45) is 3.90. The lowest BCUT2D eigenvalue weighted by Gasteiger charge is -2.14. The molecule has 74 valence electrons. The van der Waals surface area contributed by atoms with Gasteiger partial charge in [-0.15, -0.1) is 0 Å². The Kier molecular flexibility index (Phi) is 3.54. The molecule has 0 aromatic rings. The van der Waals surface area contributed by atoms with Crippen LogP contribution in [0.15, 0.2) is 10.1 Å². The van der Waals surface area contributed by atoms with Crippen LogP contribution >= 0.6 is 0 Å². The molecule has 0 radical (unpaired) electrons. The first-order valence-electron chi connectivity index (χ1n) is 4.48. The third kappa shape index (κ3) is 3.31. The average Bonchev–Trinajstić information content (AvgIpc) is 2.55. The molecular formula is C8H17N5. The number of nitrogens with zero attached hydrogens (tertiary/aromatic N) is 4. The van der Waals surface area contributed by atoms with E-state index in [2.05, 4.69) is 15.0 Å². The summed E-state index contributed by atoms with van der Waals surface area (Å²) in [6, 6.07) is 0. The van der Waals surface area contributed by atoms with Crippen molar-refractivity contribution in [3.63, 3.8) is 0 Å². The molecule has 0 saturated carbocycles. The van der Waals surface area contributed by atoms with Gasteiger partial charge in [-0.3, -0.25) is 0 Å². The minimum Gasteiger partial charge on any atom is -0.369 e. The lowest BCUT2D eigenvalue weighted by Crippen LogP contribution is -2.34.